The minimum absolute atomic E-state index is 0.202. The average Bonchev–Trinajstić information content (AvgIpc) is 2.16. The monoisotopic (exact) mass is 231 g/mol. The molecule has 16 heavy (non-hydrogen) atoms. The molecule has 1 aromatic carbocycles. The number of para-hydroxylation sites is 1. The normalized spacial score (nSPS) is 20.8. The lowest BCUT2D eigenvalue weighted by Crippen LogP contribution is -2.49. The minimum Gasteiger partial charge on any atom is -0.362 e. The van der Waals surface area contributed by atoms with Crippen molar-refractivity contribution in [3.05, 3.63) is 29.8 Å². The molecule has 0 aliphatic carbocycles. The third-order valence-electron chi connectivity index (χ3n) is 2.76. The van der Waals surface area contributed by atoms with Gasteiger partial charge in [-0.2, -0.15) is 13.2 Å². The average molecular weight is 231 g/mol. The van der Waals surface area contributed by atoms with Crippen LogP contribution in [0.5, 0.6) is 0 Å². The highest BCUT2D eigenvalue weighted by atomic mass is 19.4. The van der Waals surface area contributed by atoms with Crippen molar-refractivity contribution < 1.29 is 17.9 Å². The molecule has 1 heterocycles. The third kappa shape index (κ3) is 1.87. The first-order valence-electron chi connectivity index (χ1n) is 4.99. The molecule has 0 bridgehead atoms. The number of rotatable bonds is 2. The molecular formula is C11H12F3NO. The van der Waals surface area contributed by atoms with Gasteiger partial charge in [0.1, 0.15) is 6.23 Å². The molecule has 0 spiro atoms. The number of halogens is 3. The lowest BCUT2D eigenvalue weighted by atomic mass is 10.1. The van der Waals surface area contributed by atoms with Gasteiger partial charge in [0.25, 0.3) is 0 Å². The summed E-state index contributed by atoms with van der Waals surface area (Å²) in [5.41, 5.74) is -0.398. The number of methoxy groups -OCH3 is 1. The van der Waals surface area contributed by atoms with E-state index < -0.39 is 11.7 Å². The summed E-state index contributed by atoms with van der Waals surface area (Å²) in [5.74, 6) is 0. The number of hydrogen-bond donors (Lipinski definition) is 0. The van der Waals surface area contributed by atoms with Gasteiger partial charge in [-0.15, -0.1) is 0 Å². The van der Waals surface area contributed by atoms with E-state index in [1.54, 1.807) is 11.0 Å². The molecule has 1 aliphatic rings. The van der Waals surface area contributed by atoms with E-state index in [2.05, 4.69) is 0 Å². The Balaban J connectivity index is 2.34. The van der Waals surface area contributed by atoms with Crippen LogP contribution in [0.4, 0.5) is 18.9 Å². The van der Waals surface area contributed by atoms with E-state index in [0.29, 0.717) is 6.54 Å². The molecule has 2 nitrogen and oxygen atoms in total. The number of ether oxygens (including phenoxy) is 1. The lowest BCUT2D eigenvalue weighted by Gasteiger charge is -2.42. The molecule has 5 heteroatoms. The van der Waals surface area contributed by atoms with Crippen molar-refractivity contribution in [2.75, 3.05) is 18.6 Å². The highest BCUT2D eigenvalue weighted by molar-refractivity contribution is 5.57. The molecule has 1 aromatic rings. The molecule has 88 valence electrons. The van der Waals surface area contributed by atoms with Crippen molar-refractivity contribution in [2.24, 2.45) is 0 Å². The van der Waals surface area contributed by atoms with Gasteiger partial charge in [0.15, 0.2) is 0 Å². The fourth-order valence-corrected chi connectivity index (χ4v) is 1.85. The predicted molar refractivity (Wildman–Crippen MR) is 54.2 cm³/mol. The maximum absolute atomic E-state index is 12.7. The molecule has 1 saturated heterocycles. The highest BCUT2D eigenvalue weighted by Crippen LogP contribution is 2.39. The molecule has 0 amide bonds. The molecule has 0 radical (unpaired) electrons. The molecule has 0 N–H and O–H groups in total. The van der Waals surface area contributed by atoms with Crippen molar-refractivity contribution in [2.45, 2.75) is 18.8 Å². The number of alkyl halides is 3. The topological polar surface area (TPSA) is 12.5 Å². The van der Waals surface area contributed by atoms with Crippen LogP contribution in [0.15, 0.2) is 24.3 Å². The maximum Gasteiger partial charge on any atom is 0.418 e. The van der Waals surface area contributed by atoms with Crippen LogP contribution in [0.2, 0.25) is 0 Å². The minimum atomic E-state index is -4.32. The Morgan fingerprint density at radius 1 is 1.31 bits per heavy atom. The van der Waals surface area contributed by atoms with Crippen molar-refractivity contribution >= 4 is 5.69 Å². The number of hydrogen-bond acceptors (Lipinski definition) is 2. The second-order valence-electron chi connectivity index (χ2n) is 3.69. The van der Waals surface area contributed by atoms with Crippen LogP contribution in [0.25, 0.3) is 0 Å². The van der Waals surface area contributed by atoms with Gasteiger partial charge in [0, 0.05) is 20.1 Å². The molecule has 1 unspecified atom stereocenters. The number of nitrogens with zero attached hydrogens (tertiary/aromatic N) is 1. The van der Waals surface area contributed by atoms with Crippen LogP contribution in [0.1, 0.15) is 12.0 Å². The van der Waals surface area contributed by atoms with Crippen LogP contribution in [-0.4, -0.2) is 19.9 Å². The second-order valence-corrected chi connectivity index (χ2v) is 3.69. The molecular weight excluding hydrogens is 219 g/mol. The van der Waals surface area contributed by atoms with Gasteiger partial charge in [-0.05, 0) is 12.1 Å². The predicted octanol–water partition coefficient (Wildman–Crippen LogP) is 2.89. The summed E-state index contributed by atoms with van der Waals surface area (Å²) < 4.78 is 43.3. The Kier molecular flexibility index (Phi) is 2.80. The van der Waals surface area contributed by atoms with E-state index in [1.165, 1.54) is 19.2 Å². The first-order valence-corrected chi connectivity index (χ1v) is 4.99. The van der Waals surface area contributed by atoms with Crippen LogP contribution in [0, 0.1) is 0 Å². The smallest absolute Gasteiger partial charge is 0.362 e. The maximum atomic E-state index is 12.7. The fraction of sp³-hybridized carbons (Fsp3) is 0.455. The SMILES string of the molecule is COC1CCN1c1ccccc1C(F)(F)F. The van der Waals surface area contributed by atoms with Gasteiger partial charge >= 0.3 is 6.18 Å². The molecule has 0 aromatic heterocycles. The number of anilines is 1. The summed E-state index contributed by atoms with van der Waals surface area (Å²) >= 11 is 0. The first kappa shape index (κ1) is 11.3. The van der Waals surface area contributed by atoms with Crippen molar-refractivity contribution in [1.29, 1.82) is 0 Å². The molecule has 1 fully saturated rings. The van der Waals surface area contributed by atoms with Gasteiger partial charge in [-0.3, -0.25) is 0 Å². The van der Waals surface area contributed by atoms with Gasteiger partial charge in [0.2, 0.25) is 0 Å². The Hall–Kier alpha value is -1.23. The van der Waals surface area contributed by atoms with Crippen molar-refractivity contribution in [3.8, 4) is 0 Å². The van der Waals surface area contributed by atoms with Crippen LogP contribution < -0.4 is 4.90 Å². The molecule has 2 rings (SSSR count). The summed E-state index contributed by atoms with van der Waals surface area (Å²) in [6.45, 7) is 0.603. The van der Waals surface area contributed by atoms with E-state index in [-0.39, 0.29) is 11.9 Å². The van der Waals surface area contributed by atoms with Gasteiger partial charge in [-0.1, -0.05) is 12.1 Å². The molecule has 0 saturated carbocycles. The Bertz CT molecular complexity index is 376. The van der Waals surface area contributed by atoms with Gasteiger partial charge in [0.05, 0.1) is 11.3 Å². The second kappa shape index (κ2) is 3.97. The molecule has 1 aliphatic heterocycles. The Morgan fingerprint density at radius 3 is 2.50 bits per heavy atom. The fourth-order valence-electron chi connectivity index (χ4n) is 1.85. The van der Waals surface area contributed by atoms with Gasteiger partial charge in [-0.25, -0.2) is 0 Å². The Morgan fingerprint density at radius 2 is 2.00 bits per heavy atom. The zero-order chi connectivity index (χ0) is 11.8. The van der Waals surface area contributed by atoms with Crippen molar-refractivity contribution in [3.63, 3.8) is 0 Å². The van der Waals surface area contributed by atoms with Crippen molar-refractivity contribution in [1.82, 2.24) is 0 Å². The first-order chi connectivity index (χ1) is 7.54. The Labute approximate surface area is 91.6 Å². The summed E-state index contributed by atoms with van der Waals surface area (Å²) in [6.07, 6.45) is -3.78. The quantitative estimate of drug-likeness (QED) is 0.776. The largest absolute Gasteiger partial charge is 0.418 e. The highest BCUT2D eigenvalue weighted by Gasteiger charge is 2.38. The lowest BCUT2D eigenvalue weighted by molar-refractivity contribution is -0.137. The number of benzene rings is 1. The van der Waals surface area contributed by atoms with E-state index in [1.807, 2.05) is 0 Å². The van der Waals surface area contributed by atoms with Crippen LogP contribution >= 0.6 is 0 Å². The van der Waals surface area contributed by atoms with E-state index in [4.69, 9.17) is 4.74 Å². The third-order valence-corrected chi connectivity index (χ3v) is 2.76. The summed E-state index contributed by atoms with van der Waals surface area (Å²) in [7, 11) is 1.51. The van der Waals surface area contributed by atoms with E-state index in [9.17, 15) is 13.2 Å². The summed E-state index contributed by atoms with van der Waals surface area (Å²) in [5, 5.41) is 0. The zero-order valence-electron chi connectivity index (χ0n) is 8.79. The summed E-state index contributed by atoms with van der Waals surface area (Å²) in [4.78, 5) is 1.63. The van der Waals surface area contributed by atoms with Crippen LogP contribution in [-0.2, 0) is 10.9 Å². The standard InChI is InChI=1S/C11H12F3NO/c1-16-10-6-7-15(10)9-5-3-2-4-8(9)11(12,13)14/h2-5,10H,6-7H2,1H3. The summed E-state index contributed by atoms with van der Waals surface area (Å²) in [6, 6.07) is 5.58. The van der Waals surface area contributed by atoms with E-state index in [0.717, 1.165) is 12.5 Å². The molecule has 1 atom stereocenters. The van der Waals surface area contributed by atoms with E-state index >= 15 is 0 Å². The van der Waals surface area contributed by atoms with Gasteiger partial charge < -0.3 is 9.64 Å². The van der Waals surface area contributed by atoms with Crippen LogP contribution in [0.3, 0.4) is 0 Å². The zero-order valence-corrected chi connectivity index (χ0v) is 8.79.